The monoisotopic (exact) mass is 404 g/mol. The minimum atomic E-state index is -0.678. The van der Waals surface area contributed by atoms with Crippen LogP contribution in [0.15, 0.2) is 29.6 Å². The van der Waals surface area contributed by atoms with E-state index in [0.717, 1.165) is 11.3 Å². The van der Waals surface area contributed by atoms with Gasteiger partial charge in [0.1, 0.15) is 9.88 Å². The van der Waals surface area contributed by atoms with Crippen LogP contribution in [0.25, 0.3) is 0 Å². The van der Waals surface area contributed by atoms with Crippen molar-refractivity contribution < 1.29 is 23.9 Å². The number of urea groups is 1. The molecule has 148 valence electrons. The van der Waals surface area contributed by atoms with Gasteiger partial charge in [0.25, 0.3) is 0 Å². The summed E-state index contributed by atoms with van der Waals surface area (Å²) in [6.07, 6.45) is 4.62. The lowest BCUT2D eigenvalue weighted by Gasteiger charge is -2.06. The van der Waals surface area contributed by atoms with E-state index in [1.54, 1.807) is 45.3 Å². The number of hydrogen-bond acceptors (Lipinski definition) is 8. The summed E-state index contributed by atoms with van der Waals surface area (Å²) in [6.45, 7) is 5.29. The highest BCUT2D eigenvalue weighted by molar-refractivity contribution is 7.18. The van der Waals surface area contributed by atoms with Gasteiger partial charge in [0.05, 0.1) is 25.0 Å². The van der Waals surface area contributed by atoms with Crippen LogP contribution in [0.5, 0.6) is 0 Å². The molecular weight excluding hydrogens is 384 g/mol. The van der Waals surface area contributed by atoms with Crippen LogP contribution >= 0.6 is 11.3 Å². The third kappa shape index (κ3) is 5.36. The molecule has 10 heteroatoms. The summed E-state index contributed by atoms with van der Waals surface area (Å²) >= 11 is 0.937. The van der Waals surface area contributed by atoms with Gasteiger partial charge in [-0.1, -0.05) is 6.07 Å². The molecule has 2 heterocycles. The Labute approximate surface area is 165 Å². The lowest BCUT2D eigenvalue weighted by Crippen LogP contribution is -2.24. The van der Waals surface area contributed by atoms with Crippen molar-refractivity contribution in [3.05, 3.63) is 46.1 Å². The molecule has 0 saturated heterocycles. The average molecular weight is 404 g/mol. The number of nitrogens with one attached hydrogen (secondary N) is 2. The summed E-state index contributed by atoms with van der Waals surface area (Å²) in [7, 11) is 0. The second kappa shape index (κ2) is 10.2. The van der Waals surface area contributed by atoms with Crippen molar-refractivity contribution in [2.45, 2.75) is 20.8 Å². The van der Waals surface area contributed by atoms with Gasteiger partial charge in [-0.3, -0.25) is 10.3 Å². The fourth-order valence-corrected chi connectivity index (χ4v) is 3.27. The van der Waals surface area contributed by atoms with Crippen LogP contribution in [0.1, 0.15) is 45.0 Å². The molecule has 2 rings (SSSR count). The topological polar surface area (TPSA) is 119 Å². The quantitative estimate of drug-likeness (QED) is 0.416. The average Bonchev–Trinajstić information content (AvgIpc) is 2.99. The Kier molecular flexibility index (Phi) is 7.64. The van der Waals surface area contributed by atoms with Gasteiger partial charge in [0.2, 0.25) is 0 Å². The molecule has 0 spiro atoms. The standard InChI is InChI=1S/C18H20N4O5S/c1-4-26-16(23)13-11(3)14(17(24)27-5-2)28-15(13)21-18(25)22-20-10-12-7-6-8-19-9-12/h6-10H,4-5H2,1-3H3,(H2,21,22,25)/b20-10-. The number of nitrogens with zero attached hydrogens (tertiary/aromatic N) is 2. The molecular formula is C18H20N4O5S. The minimum absolute atomic E-state index is 0.112. The molecule has 0 saturated carbocycles. The van der Waals surface area contributed by atoms with Crippen LogP contribution in [0.3, 0.4) is 0 Å². The zero-order chi connectivity index (χ0) is 20.5. The minimum Gasteiger partial charge on any atom is -0.462 e. The van der Waals surface area contributed by atoms with Crippen LogP contribution in [0.2, 0.25) is 0 Å². The molecule has 2 N–H and O–H groups in total. The number of anilines is 1. The number of rotatable bonds is 7. The van der Waals surface area contributed by atoms with Crippen molar-refractivity contribution in [3.8, 4) is 0 Å². The predicted molar refractivity (Wildman–Crippen MR) is 105 cm³/mol. The zero-order valence-corrected chi connectivity index (χ0v) is 16.5. The zero-order valence-electron chi connectivity index (χ0n) is 15.6. The number of pyridine rings is 1. The first-order chi connectivity index (χ1) is 13.5. The number of thiophene rings is 1. The highest BCUT2D eigenvalue weighted by atomic mass is 32.1. The molecule has 0 unspecified atom stereocenters. The van der Waals surface area contributed by atoms with E-state index in [-0.39, 0.29) is 28.7 Å². The van der Waals surface area contributed by atoms with E-state index in [1.165, 1.54) is 6.21 Å². The lowest BCUT2D eigenvalue weighted by molar-refractivity contribution is 0.0527. The number of hydrogen-bond donors (Lipinski definition) is 2. The van der Waals surface area contributed by atoms with Crippen molar-refractivity contribution in [3.63, 3.8) is 0 Å². The van der Waals surface area contributed by atoms with E-state index >= 15 is 0 Å². The summed E-state index contributed by atoms with van der Waals surface area (Å²) in [5.74, 6) is -1.21. The molecule has 0 fully saturated rings. The number of carbonyl (C=O) groups excluding carboxylic acids is 3. The van der Waals surface area contributed by atoms with Gasteiger partial charge >= 0.3 is 18.0 Å². The molecule has 0 atom stereocenters. The van der Waals surface area contributed by atoms with Crippen molar-refractivity contribution in [2.75, 3.05) is 18.5 Å². The maximum atomic E-state index is 12.3. The maximum absolute atomic E-state index is 12.3. The molecule has 0 bridgehead atoms. The smallest absolute Gasteiger partial charge is 0.348 e. The first-order valence-corrected chi connectivity index (χ1v) is 9.27. The van der Waals surface area contributed by atoms with Gasteiger partial charge in [-0.2, -0.15) is 5.10 Å². The fourth-order valence-electron chi connectivity index (χ4n) is 2.19. The highest BCUT2D eigenvalue weighted by Crippen LogP contribution is 2.34. The Morgan fingerprint density at radius 2 is 1.93 bits per heavy atom. The Morgan fingerprint density at radius 1 is 1.21 bits per heavy atom. The Hall–Kier alpha value is -3.27. The molecule has 2 amide bonds. The fraction of sp³-hybridized carbons (Fsp3) is 0.278. The number of ether oxygens (including phenoxy) is 2. The van der Waals surface area contributed by atoms with E-state index in [2.05, 4.69) is 20.8 Å². The summed E-state index contributed by atoms with van der Waals surface area (Å²) in [5, 5.41) is 6.51. The Morgan fingerprint density at radius 3 is 2.57 bits per heavy atom. The molecule has 2 aromatic heterocycles. The highest BCUT2D eigenvalue weighted by Gasteiger charge is 2.27. The predicted octanol–water partition coefficient (Wildman–Crippen LogP) is 2.96. The van der Waals surface area contributed by atoms with Gasteiger partial charge in [-0.05, 0) is 32.4 Å². The van der Waals surface area contributed by atoms with Crippen LogP contribution in [-0.4, -0.2) is 42.4 Å². The van der Waals surface area contributed by atoms with Gasteiger partial charge in [0, 0.05) is 18.0 Å². The number of hydrazone groups is 1. The molecule has 28 heavy (non-hydrogen) atoms. The van der Waals surface area contributed by atoms with Gasteiger partial charge < -0.3 is 9.47 Å². The van der Waals surface area contributed by atoms with E-state index in [0.29, 0.717) is 11.1 Å². The van der Waals surface area contributed by atoms with E-state index < -0.39 is 18.0 Å². The Balaban J connectivity index is 2.19. The van der Waals surface area contributed by atoms with Crippen molar-refractivity contribution in [2.24, 2.45) is 5.10 Å². The summed E-state index contributed by atoms with van der Waals surface area (Å²) in [4.78, 5) is 40.7. The lowest BCUT2D eigenvalue weighted by atomic mass is 10.1. The number of aromatic nitrogens is 1. The summed E-state index contributed by atoms with van der Waals surface area (Å²) in [5.41, 5.74) is 3.49. The van der Waals surface area contributed by atoms with E-state index in [1.807, 2.05) is 0 Å². The third-order valence-electron chi connectivity index (χ3n) is 3.38. The first-order valence-electron chi connectivity index (χ1n) is 8.45. The van der Waals surface area contributed by atoms with Crippen LogP contribution in [-0.2, 0) is 9.47 Å². The van der Waals surface area contributed by atoms with Gasteiger partial charge in [-0.15, -0.1) is 11.3 Å². The molecule has 0 aliphatic rings. The summed E-state index contributed by atoms with van der Waals surface area (Å²) in [6, 6.07) is 2.82. The molecule has 0 aliphatic carbocycles. The summed E-state index contributed by atoms with van der Waals surface area (Å²) < 4.78 is 10.0. The largest absolute Gasteiger partial charge is 0.462 e. The first kappa shape index (κ1) is 21.0. The van der Waals surface area contributed by atoms with E-state index in [4.69, 9.17) is 9.47 Å². The number of amides is 2. The number of carbonyl (C=O) groups is 3. The van der Waals surface area contributed by atoms with Crippen molar-refractivity contribution in [1.29, 1.82) is 0 Å². The number of esters is 2. The molecule has 0 aromatic carbocycles. The second-order valence-electron chi connectivity index (χ2n) is 5.31. The second-order valence-corrected chi connectivity index (χ2v) is 6.33. The Bertz CT molecular complexity index is 880. The van der Waals surface area contributed by atoms with Crippen LogP contribution in [0.4, 0.5) is 9.80 Å². The van der Waals surface area contributed by atoms with Crippen LogP contribution in [0, 0.1) is 6.92 Å². The van der Waals surface area contributed by atoms with Crippen LogP contribution < -0.4 is 10.7 Å². The van der Waals surface area contributed by atoms with E-state index in [9.17, 15) is 14.4 Å². The third-order valence-corrected chi connectivity index (χ3v) is 4.57. The molecule has 9 nitrogen and oxygen atoms in total. The SMILES string of the molecule is CCOC(=O)c1sc(NC(=O)N/N=C\c2cccnc2)c(C(=O)OCC)c1C. The molecule has 2 aromatic rings. The van der Waals surface area contributed by atoms with Crippen molar-refractivity contribution in [1.82, 2.24) is 10.4 Å². The molecule has 0 aliphatic heterocycles. The van der Waals surface area contributed by atoms with Gasteiger partial charge in [-0.25, -0.2) is 19.8 Å². The normalized spacial score (nSPS) is 10.5. The van der Waals surface area contributed by atoms with Gasteiger partial charge in [0.15, 0.2) is 0 Å². The maximum Gasteiger partial charge on any atom is 0.348 e. The van der Waals surface area contributed by atoms with Crippen molar-refractivity contribution >= 4 is 40.5 Å². The molecule has 0 radical (unpaired) electrons.